The van der Waals surface area contributed by atoms with Gasteiger partial charge in [-0.1, -0.05) is 0 Å². The number of halogens is 4. The van der Waals surface area contributed by atoms with E-state index in [1.807, 2.05) is 0 Å². The number of nitrogens with one attached hydrogen (secondary N) is 1. The van der Waals surface area contributed by atoms with Gasteiger partial charge in [-0.2, -0.15) is 13.2 Å². The number of hydrogen-bond donors (Lipinski definition) is 3. The number of carbonyl (C=O) groups excluding carboxylic acids is 1. The molecule has 4 nitrogen and oxygen atoms in total. The van der Waals surface area contributed by atoms with Crippen LogP contribution in [0.25, 0.3) is 0 Å². The molecular formula is C12H13F4NO3. The molecular weight excluding hydrogens is 282 g/mol. The Morgan fingerprint density at radius 2 is 1.80 bits per heavy atom. The standard InChI is InChI=1S/C12H13F4NO3/c1-11(5-18,6-19)17-10(20)7-2-3-9(13)8(4-7)12(14,15)16/h2-4,18-19H,5-6H2,1H3,(H,17,20). The van der Waals surface area contributed by atoms with Gasteiger partial charge in [0.05, 0.1) is 24.3 Å². The molecule has 0 fully saturated rings. The van der Waals surface area contributed by atoms with Gasteiger partial charge in [0, 0.05) is 5.56 Å². The van der Waals surface area contributed by atoms with Crippen LogP contribution < -0.4 is 5.32 Å². The van der Waals surface area contributed by atoms with E-state index in [9.17, 15) is 22.4 Å². The Bertz CT molecular complexity index is 498. The number of hydrogen-bond acceptors (Lipinski definition) is 3. The van der Waals surface area contributed by atoms with Gasteiger partial charge >= 0.3 is 6.18 Å². The second-order valence-corrected chi connectivity index (χ2v) is 4.52. The van der Waals surface area contributed by atoms with Crippen molar-refractivity contribution in [3.63, 3.8) is 0 Å². The highest BCUT2D eigenvalue weighted by Gasteiger charge is 2.35. The first-order valence-corrected chi connectivity index (χ1v) is 5.54. The Hall–Kier alpha value is -1.67. The van der Waals surface area contributed by atoms with Gasteiger partial charge in [0.2, 0.25) is 0 Å². The van der Waals surface area contributed by atoms with Crippen LogP contribution in [0.15, 0.2) is 18.2 Å². The summed E-state index contributed by atoms with van der Waals surface area (Å²) < 4.78 is 50.6. The van der Waals surface area contributed by atoms with Gasteiger partial charge in [-0.3, -0.25) is 4.79 Å². The lowest BCUT2D eigenvalue weighted by atomic mass is 10.0. The molecule has 0 unspecified atom stereocenters. The number of aliphatic hydroxyl groups excluding tert-OH is 2. The summed E-state index contributed by atoms with van der Waals surface area (Å²) in [7, 11) is 0. The minimum absolute atomic E-state index is 0.375. The Morgan fingerprint density at radius 3 is 2.25 bits per heavy atom. The van der Waals surface area contributed by atoms with Crippen molar-refractivity contribution in [3.8, 4) is 0 Å². The van der Waals surface area contributed by atoms with Gasteiger partial charge < -0.3 is 15.5 Å². The lowest BCUT2D eigenvalue weighted by Gasteiger charge is -2.26. The number of aliphatic hydroxyl groups is 2. The van der Waals surface area contributed by atoms with Crippen LogP contribution in [-0.2, 0) is 6.18 Å². The van der Waals surface area contributed by atoms with Crippen LogP contribution in [0.1, 0.15) is 22.8 Å². The van der Waals surface area contributed by atoms with Crippen LogP contribution in [0.3, 0.4) is 0 Å². The van der Waals surface area contributed by atoms with Crippen molar-refractivity contribution in [1.82, 2.24) is 5.32 Å². The highest BCUT2D eigenvalue weighted by molar-refractivity contribution is 5.94. The largest absolute Gasteiger partial charge is 0.419 e. The third-order valence-electron chi connectivity index (χ3n) is 2.65. The van der Waals surface area contributed by atoms with Crippen LogP contribution in [0.2, 0.25) is 0 Å². The fourth-order valence-corrected chi connectivity index (χ4v) is 1.36. The summed E-state index contributed by atoms with van der Waals surface area (Å²) in [6, 6.07) is 1.79. The van der Waals surface area contributed by atoms with E-state index in [0.717, 1.165) is 6.07 Å². The summed E-state index contributed by atoms with van der Waals surface area (Å²) >= 11 is 0. The fraction of sp³-hybridized carbons (Fsp3) is 0.417. The summed E-state index contributed by atoms with van der Waals surface area (Å²) in [6.07, 6.45) is -4.92. The third kappa shape index (κ3) is 3.67. The maximum absolute atomic E-state index is 13.1. The van der Waals surface area contributed by atoms with Gasteiger partial charge in [-0.05, 0) is 25.1 Å². The molecule has 0 bridgehead atoms. The number of rotatable bonds is 4. The highest BCUT2D eigenvalue weighted by Crippen LogP contribution is 2.31. The van der Waals surface area contributed by atoms with Gasteiger partial charge in [-0.15, -0.1) is 0 Å². The summed E-state index contributed by atoms with van der Waals surface area (Å²) in [5, 5.41) is 20.2. The minimum atomic E-state index is -4.92. The van der Waals surface area contributed by atoms with Crippen molar-refractivity contribution in [2.24, 2.45) is 0 Å². The van der Waals surface area contributed by atoms with E-state index >= 15 is 0 Å². The van der Waals surface area contributed by atoms with Gasteiger partial charge in [-0.25, -0.2) is 4.39 Å². The third-order valence-corrected chi connectivity index (χ3v) is 2.65. The van der Waals surface area contributed by atoms with Crippen molar-refractivity contribution in [3.05, 3.63) is 35.1 Å². The molecule has 0 saturated heterocycles. The monoisotopic (exact) mass is 295 g/mol. The minimum Gasteiger partial charge on any atom is -0.394 e. The van der Waals surface area contributed by atoms with Crippen LogP contribution in [-0.4, -0.2) is 34.9 Å². The van der Waals surface area contributed by atoms with E-state index in [0.29, 0.717) is 12.1 Å². The summed E-state index contributed by atoms with van der Waals surface area (Å²) in [5.41, 5.74) is -3.36. The van der Waals surface area contributed by atoms with E-state index in [1.54, 1.807) is 0 Å². The maximum Gasteiger partial charge on any atom is 0.419 e. The second kappa shape index (κ2) is 5.76. The molecule has 0 radical (unpaired) electrons. The predicted octanol–water partition coefficient (Wildman–Crippen LogP) is 1.32. The zero-order chi connectivity index (χ0) is 15.6. The maximum atomic E-state index is 13.1. The van der Waals surface area contributed by atoms with E-state index < -0.39 is 47.8 Å². The zero-order valence-corrected chi connectivity index (χ0v) is 10.5. The molecule has 0 aromatic heterocycles. The molecule has 112 valence electrons. The topological polar surface area (TPSA) is 69.6 Å². The molecule has 0 saturated carbocycles. The van der Waals surface area contributed by atoms with Crippen LogP contribution >= 0.6 is 0 Å². The number of carbonyl (C=O) groups is 1. The smallest absolute Gasteiger partial charge is 0.394 e. The molecule has 0 aliphatic heterocycles. The van der Waals surface area contributed by atoms with E-state index in [1.165, 1.54) is 6.92 Å². The molecule has 0 aliphatic carbocycles. The van der Waals surface area contributed by atoms with Gasteiger partial charge in [0.15, 0.2) is 0 Å². The first-order valence-electron chi connectivity index (χ1n) is 5.54. The van der Waals surface area contributed by atoms with Crippen molar-refractivity contribution in [2.45, 2.75) is 18.6 Å². The fourth-order valence-electron chi connectivity index (χ4n) is 1.36. The molecule has 0 spiro atoms. The van der Waals surface area contributed by atoms with Crippen molar-refractivity contribution in [1.29, 1.82) is 0 Å². The summed E-state index contributed by atoms with van der Waals surface area (Å²) in [5.74, 6) is -2.44. The predicted molar refractivity (Wildman–Crippen MR) is 61.4 cm³/mol. The Morgan fingerprint density at radius 1 is 1.25 bits per heavy atom. The van der Waals surface area contributed by atoms with E-state index in [-0.39, 0.29) is 0 Å². The lowest BCUT2D eigenvalue weighted by molar-refractivity contribution is -0.140. The summed E-state index contributed by atoms with van der Waals surface area (Å²) in [6.45, 7) is 0.0875. The van der Waals surface area contributed by atoms with Gasteiger partial charge in [0.25, 0.3) is 5.91 Å². The molecule has 20 heavy (non-hydrogen) atoms. The molecule has 0 aliphatic rings. The molecule has 1 rings (SSSR count). The molecule has 0 atom stereocenters. The summed E-state index contributed by atoms with van der Waals surface area (Å²) in [4.78, 5) is 11.7. The number of benzene rings is 1. The Balaban J connectivity index is 3.07. The molecule has 1 aromatic rings. The Kier molecular flexibility index (Phi) is 4.72. The van der Waals surface area contributed by atoms with E-state index in [2.05, 4.69) is 5.32 Å². The van der Waals surface area contributed by atoms with Crippen LogP contribution in [0.4, 0.5) is 17.6 Å². The van der Waals surface area contributed by atoms with Gasteiger partial charge in [0.1, 0.15) is 5.82 Å². The molecule has 3 N–H and O–H groups in total. The first-order chi connectivity index (χ1) is 9.13. The normalized spacial score (nSPS) is 12.3. The van der Waals surface area contributed by atoms with E-state index in [4.69, 9.17) is 10.2 Å². The van der Waals surface area contributed by atoms with Crippen molar-refractivity contribution in [2.75, 3.05) is 13.2 Å². The molecule has 1 amide bonds. The quantitative estimate of drug-likeness (QED) is 0.734. The number of amides is 1. The molecule has 8 heteroatoms. The van der Waals surface area contributed by atoms with Crippen LogP contribution in [0, 0.1) is 5.82 Å². The number of alkyl halides is 3. The van der Waals surface area contributed by atoms with Crippen LogP contribution in [0.5, 0.6) is 0 Å². The SMILES string of the molecule is CC(CO)(CO)NC(=O)c1ccc(F)c(C(F)(F)F)c1. The first kappa shape index (κ1) is 16.4. The van der Waals surface area contributed by atoms with Crippen molar-refractivity contribution < 1.29 is 32.6 Å². The highest BCUT2D eigenvalue weighted by atomic mass is 19.4. The molecule has 1 aromatic carbocycles. The second-order valence-electron chi connectivity index (χ2n) is 4.52. The average Bonchev–Trinajstić information content (AvgIpc) is 2.37. The zero-order valence-electron chi connectivity index (χ0n) is 10.5. The van der Waals surface area contributed by atoms with Crippen molar-refractivity contribution >= 4 is 5.91 Å². The average molecular weight is 295 g/mol. The lowest BCUT2D eigenvalue weighted by Crippen LogP contribution is -2.51. The Labute approximate surface area is 112 Å². The molecule has 0 heterocycles.